The Bertz CT molecular complexity index is 411. The first kappa shape index (κ1) is 16.4. The molecule has 0 spiro atoms. The summed E-state index contributed by atoms with van der Waals surface area (Å²) in [5.41, 5.74) is -0.828. The number of hydrogen-bond donors (Lipinski definition) is 2. The van der Waals surface area contributed by atoms with E-state index in [0.717, 1.165) is 28.8 Å². The van der Waals surface area contributed by atoms with Crippen molar-refractivity contribution in [1.29, 1.82) is 0 Å². The van der Waals surface area contributed by atoms with Crippen molar-refractivity contribution in [1.82, 2.24) is 14.7 Å². The molecule has 1 unspecified atom stereocenters. The number of carbonyl (C=O) groups is 1. The average molecular weight is 303 g/mol. The SMILES string of the molecule is CCNC(C)(CCCSc1nc(CC)ns1)C(=O)O. The third-order valence-electron chi connectivity index (χ3n) is 2.85. The zero-order valence-electron chi connectivity index (χ0n) is 11.6. The molecule has 0 aliphatic heterocycles. The van der Waals surface area contributed by atoms with E-state index in [1.54, 1.807) is 18.7 Å². The predicted molar refractivity (Wildman–Crippen MR) is 79.0 cm³/mol. The largest absolute Gasteiger partial charge is 0.480 e. The van der Waals surface area contributed by atoms with Gasteiger partial charge in [-0.3, -0.25) is 4.79 Å². The van der Waals surface area contributed by atoms with E-state index in [9.17, 15) is 9.90 Å². The van der Waals surface area contributed by atoms with E-state index in [0.29, 0.717) is 13.0 Å². The summed E-state index contributed by atoms with van der Waals surface area (Å²) in [5, 5.41) is 12.3. The van der Waals surface area contributed by atoms with Crippen molar-refractivity contribution >= 4 is 29.3 Å². The van der Waals surface area contributed by atoms with Crippen LogP contribution in [0.4, 0.5) is 0 Å². The number of nitrogens with zero attached hydrogens (tertiary/aromatic N) is 2. The van der Waals surface area contributed by atoms with E-state index in [2.05, 4.69) is 14.7 Å². The number of hydrogen-bond acceptors (Lipinski definition) is 6. The lowest BCUT2D eigenvalue weighted by Gasteiger charge is -2.25. The Kier molecular flexibility index (Phi) is 6.74. The molecule has 0 saturated heterocycles. The zero-order valence-corrected chi connectivity index (χ0v) is 13.2. The van der Waals surface area contributed by atoms with Crippen molar-refractivity contribution in [2.24, 2.45) is 0 Å². The van der Waals surface area contributed by atoms with Gasteiger partial charge in [-0.2, -0.15) is 4.37 Å². The zero-order chi connectivity index (χ0) is 14.3. The number of thioether (sulfide) groups is 1. The first-order valence-electron chi connectivity index (χ1n) is 6.45. The first-order valence-corrected chi connectivity index (χ1v) is 8.21. The van der Waals surface area contributed by atoms with Gasteiger partial charge in [0.15, 0.2) is 4.34 Å². The topological polar surface area (TPSA) is 75.1 Å². The number of carboxylic acid groups (broad SMARTS) is 1. The highest BCUT2D eigenvalue weighted by Gasteiger charge is 2.31. The molecule has 0 saturated carbocycles. The van der Waals surface area contributed by atoms with Crippen LogP contribution in [0, 0.1) is 0 Å². The molecule has 1 rings (SSSR count). The first-order chi connectivity index (χ1) is 9.01. The fourth-order valence-electron chi connectivity index (χ4n) is 1.69. The second-order valence-electron chi connectivity index (χ2n) is 4.45. The van der Waals surface area contributed by atoms with Crippen LogP contribution in [0.5, 0.6) is 0 Å². The van der Waals surface area contributed by atoms with Gasteiger partial charge < -0.3 is 10.4 Å². The van der Waals surface area contributed by atoms with Crippen molar-refractivity contribution < 1.29 is 9.90 Å². The second kappa shape index (κ2) is 7.81. The normalized spacial score (nSPS) is 14.3. The number of aryl methyl sites for hydroxylation is 1. The van der Waals surface area contributed by atoms with Gasteiger partial charge in [0.1, 0.15) is 11.4 Å². The molecule has 1 heterocycles. The summed E-state index contributed by atoms with van der Waals surface area (Å²) in [7, 11) is 0. The second-order valence-corrected chi connectivity index (χ2v) is 6.54. The van der Waals surface area contributed by atoms with Gasteiger partial charge in [-0.05, 0) is 37.8 Å². The fraction of sp³-hybridized carbons (Fsp3) is 0.750. The predicted octanol–water partition coefficient (Wildman–Crippen LogP) is 2.43. The van der Waals surface area contributed by atoms with Gasteiger partial charge in [0, 0.05) is 12.2 Å². The fourth-order valence-corrected chi connectivity index (χ4v) is 3.39. The Hall–Kier alpha value is -0.660. The minimum Gasteiger partial charge on any atom is -0.480 e. The average Bonchev–Trinajstić information content (AvgIpc) is 2.83. The van der Waals surface area contributed by atoms with Crippen molar-refractivity contribution in [2.45, 2.75) is 49.9 Å². The van der Waals surface area contributed by atoms with E-state index >= 15 is 0 Å². The molecule has 19 heavy (non-hydrogen) atoms. The Morgan fingerprint density at radius 3 is 2.79 bits per heavy atom. The lowest BCUT2D eigenvalue weighted by molar-refractivity contribution is -0.144. The summed E-state index contributed by atoms with van der Waals surface area (Å²) < 4.78 is 5.19. The Morgan fingerprint density at radius 2 is 2.26 bits per heavy atom. The Labute approximate surface area is 122 Å². The van der Waals surface area contributed by atoms with E-state index in [4.69, 9.17) is 0 Å². The van der Waals surface area contributed by atoms with Gasteiger partial charge in [0.25, 0.3) is 0 Å². The minimum atomic E-state index is -0.828. The van der Waals surface area contributed by atoms with Gasteiger partial charge in [0.05, 0.1) is 0 Å². The summed E-state index contributed by atoms with van der Waals surface area (Å²) in [5.74, 6) is 0.964. The van der Waals surface area contributed by atoms with E-state index in [1.165, 1.54) is 11.5 Å². The van der Waals surface area contributed by atoms with Crippen LogP contribution in [0.2, 0.25) is 0 Å². The molecule has 0 radical (unpaired) electrons. The molecular weight excluding hydrogens is 282 g/mol. The maximum Gasteiger partial charge on any atom is 0.323 e. The summed E-state index contributed by atoms with van der Waals surface area (Å²) in [6, 6.07) is 0. The number of nitrogens with one attached hydrogen (secondary N) is 1. The number of likely N-dealkylation sites (N-methyl/N-ethyl adjacent to an activating group) is 1. The van der Waals surface area contributed by atoms with Crippen molar-refractivity contribution in [3.05, 3.63) is 5.82 Å². The molecule has 7 heteroatoms. The molecular formula is C12H21N3O2S2. The van der Waals surface area contributed by atoms with Crippen LogP contribution in [0.15, 0.2) is 4.34 Å². The smallest absolute Gasteiger partial charge is 0.323 e. The molecule has 0 fully saturated rings. The third-order valence-corrected chi connectivity index (χ3v) is 4.81. The maximum atomic E-state index is 11.2. The highest BCUT2D eigenvalue weighted by molar-refractivity contribution is 8.00. The summed E-state index contributed by atoms with van der Waals surface area (Å²) >= 11 is 3.07. The standard InChI is InChI=1S/C12H21N3O2S2/c1-4-9-14-11(19-15-9)18-8-6-7-12(3,10(16)17)13-5-2/h13H,4-8H2,1-3H3,(H,16,17). The number of rotatable bonds is 9. The molecule has 2 N–H and O–H groups in total. The van der Waals surface area contributed by atoms with Crippen molar-refractivity contribution in [3.8, 4) is 0 Å². The molecule has 0 aliphatic rings. The molecule has 0 amide bonds. The third kappa shape index (κ3) is 5.08. The minimum absolute atomic E-state index is 0.614. The molecule has 1 atom stereocenters. The highest BCUT2D eigenvalue weighted by atomic mass is 32.2. The number of aliphatic carboxylic acids is 1. The highest BCUT2D eigenvalue weighted by Crippen LogP contribution is 2.23. The molecule has 108 valence electrons. The van der Waals surface area contributed by atoms with Gasteiger partial charge in [-0.25, -0.2) is 4.98 Å². The van der Waals surface area contributed by atoms with Crippen LogP contribution in [-0.4, -0.2) is 38.3 Å². The lowest BCUT2D eigenvalue weighted by Crippen LogP contribution is -2.49. The van der Waals surface area contributed by atoms with Crippen LogP contribution in [0.3, 0.4) is 0 Å². The van der Waals surface area contributed by atoms with Gasteiger partial charge in [-0.15, -0.1) is 0 Å². The van der Waals surface area contributed by atoms with E-state index in [1.807, 2.05) is 13.8 Å². The molecule has 5 nitrogen and oxygen atoms in total. The number of aromatic nitrogens is 2. The molecule has 1 aromatic heterocycles. The monoisotopic (exact) mass is 303 g/mol. The number of carboxylic acids is 1. The molecule has 0 aliphatic carbocycles. The van der Waals surface area contributed by atoms with E-state index in [-0.39, 0.29) is 0 Å². The summed E-state index contributed by atoms with van der Waals surface area (Å²) in [6.45, 7) is 6.35. The van der Waals surface area contributed by atoms with Gasteiger partial charge in [-0.1, -0.05) is 25.6 Å². The Balaban J connectivity index is 2.34. The molecule has 0 aromatic carbocycles. The van der Waals surface area contributed by atoms with Gasteiger partial charge >= 0.3 is 5.97 Å². The lowest BCUT2D eigenvalue weighted by atomic mass is 9.96. The van der Waals surface area contributed by atoms with Gasteiger partial charge in [0.2, 0.25) is 0 Å². The Morgan fingerprint density at radius 1 is 1.53 bits per heavy atom. The van der Waals surface area contributed by atoms with Crippen LogP contribution < -0.4 is 5.32 Å². The van der Waals surface area contributed by atoms with Crippen molar-refractivity contribution in [3.63, 3.8) is 0 Å². The maximum absolute atomic E-state index is 11.2. The van der Waals surface area contributed by atoms with Crippen LogP contribution in [-0.2, 0) is 11.2 Å². The van der Waals surface area contributed by atoms with Crippen LogP contribution in [0.25, 0.3) is 0 Å². The van der Waals surface area contributed by atoms with Crippen LogP contribution in [0.1, 0.15) is 39.4 Å². The summed E-state index contributed by atoms with van der Waals surface area (Å²) in [4.78, 5) is 15.6. The quantitative estimate of drug-likeness (QED) is 0.539. The molecule has 0 bridgehead atoms. The van der Waals surface area contributed by atoms with Crippen molar-refractivity contribution in [2.75, 3.05) is 12.3 Å². The summed E-state index contributed by atoms with van der Waals surface area (Å²) in [6.07, 6.45) is 2.30. The van der Waals surface area contributed by atoms with E-state index < -0.39 is 11.5 Å². The molecule has 1 aromatic rings. The van der Waals surface area contributed by atoms with Crippen LogP contribution >= 0.6 is 23.3 Å².